The summed E-state index contributed by atoms with van der Waals surface area (Å²) in [7, 11) is 0. The van der Waals surface area contributed by atoms with Crippen molar-refractivity contribution in [3.8, 4) is 0 Å². The Labute approximate surface area is 83.3 Å². The van der Waals surface area contributed by atoms with E-state index in [1.807, 2.05) is 20.8 Å². The fourth-order valence-electron chi connectivity index (χ4n) is 0.839. The second-order valence-corrected chi connectivity index (χ2v) is 4.12. The lowest BCUT2D eigenvalue weighted by Crippen LogP contribution is -2.30. The summed E-state index contributed by atoms with van der Waals surface area (Å²) in [5, 5.41) is 22.2. The summed E-state index contributed by atoms with van der Waals surface area (Å²) in [6, 6.07) is 3.20. The summed E-state index contributed by atoms with van der Waals surface area (Å²) in [5.41, 5.74) is 0.269. The zero-order chi connectivity index (χ0) is 10.8. The largest absolute Gasteiger partial charge is 0.623 e. The van der Waals surface area contributed by atoms with Crippen LogP contribution in [-0.4, -0.2) is 16.5 Å². The molecule has 0 spiro atoms. The van der Waals surface area contributed by atoms with Gasteiger partial charge in [-0.25, -0.2) is 4.74 Å². The first kappa shape index (κ1) is 10.5. The van der Waals surface area contributed by atoms with Crippen LogP contribution in [0.4, 0.5) is 0 Å². The van der Waals surface area contributed by atoms with Crippen molar-refractivity contribution in [2.75, 3.05) is 0 Å². The van der Waals surface area contributed by atoms with E-state index in [0.29, 0.717) is 4.73 Å². The van der Waals surface area contributed by atoms with Gasteiger partial charge in [0.15, 0.2) is 24.1 Å². The molecule has 0 saturated carbocycles. The van der Waals surface area contributed by atoms with Crippen molar-refractivity contribution in [1.82, 2.24) is 0 Å². The molecule has 0 fully saturated rings. The molecule has 76 valence electrons. The van der Waals surface area contributed by atoms with Gasteiger partial charge in [0.25, 0.3) is 0 Å². The molecule has 1 rings (SSSR count). The van der Waals surface area contributed by atoms with E-state index in [-0.39, 0.29) is 0 Å². The number of hydrogen-bond donors (Lipinski definition) is 0. The first-order valence-corrected chi connectivity index (χ1v) is 4.40. The third-order valence-corrected chi connectivity index (χ3v) is 1.76. The Kier molecular flexibility index (Phi) is 2.74. The molecule has 14 heavy (non-hydrogen) atoms. The van der Waals surface area contributed by atoms with Gasteiger partial charge >= 0.3 is 0 Å². The zero-order valence-corrected chi connectivity index (χ0v) is 8.60. The molecule has 0 aliphatic rings. The molecule has 0 atom stereocenters. The predicted molar refractivity (Wildman–Crippen MR) is 53.9 cm³/mol. The van der Waals surface area contributed by atoms with Crippen LogP contribution >= 0.6 is 0 Å². The fourth-order valence-corrected chi connectivity index (χ4v) is 0.839. The van der Waals surface area contributed by atoms with Gasteiger partial charge in [-0.3, -0.25) is 0 Å². The van der Waals surface area contributed by atoms with E-state index in [1.54, 1.807) is 12.1 Å². The van der Waals surface area contributed by atoms with E-state index in [1.165, 1.54) is 18.6 Å². The van der Waals surface area contributed by atoms with Crippen LogP contribution in [-0.2, 0) is 0 Å². The van der Waals surface area contributed by atoms with Gasteiger partial charge in [0.2, 0.25) is 0 Å². The van der Waals surface area contributed by atoms with Crippen LogP contribution in [0.25, 0.3) is 0 Å². The van der Waals surface area contributed by atoms with Crippen LogP contribution in [0.3, 0.4) is 0 Å². The van der Waals surface area contributed by atoms with Crippen molar-refractivity contribution in [2.24, 2.45) is 0 Å². The van der Waals surface area contributed by atoms with Gasteiger partial charge < -0.3 is 10.4 Å². The molecule has 0 unspecified atom stereocenters. The van der Waals surface area contributed by atoms with Crippen molar-refractivity contribution >= 4 is 6.21 Å². The molecule has 0 N–H and O–H groups in total. The van der Waals surface area contributed by atoms with E-state index < -0.39 is 5.54 Å². The molecule has 0 amide bonds. The molecule has 0 aliphatic carbocycles. The first-order chi connectivity index (χ1) is 6.39. The van der Waals surface area contributed by atoms with E-state index in [2.05, 4.69) is 0 Å². The summed E-state index contributed by atoms with van der Waals surface area (Å²) in [5.74, 6) is 0. The van der Waals surface area contributed by atoms with Crippen LogP contribution in [0.15, 0.2) is 24.5 Å². The van der Waals surface area contributed by atoms with Crippen molar-refractivity contribution in [2.45, 2.75) is 26.3 Å². The Morgan fingerprint density at radius 2 is 1.79 bits per heavy atom. The number of hydroxylamine groups is 1. The second-order valence-electron chi connectivity index (χ2n) is 4.12. The topological polar surface area (TPSA) is 53.0 Å². The van der Waals surface area contributed by atoms with E-state index in [4.69, 9.17) is 0 Å². The van der Waals surface area contributed by atoms with E-state index in [0.717, 1.165) is 10.3 Å². The quantitative estimate of drug-likeness (QED) is 0.292. The predicted octanol–water partition coefficient (Wildman–Crippen LogP) is 1.05. The highest BCUT2D eigenvalue weighted by molar-refractivity contribution is 5.75. The Morgan fingerprint density at radius 1 is 1.29 bits per heavy atom. The molecule has 0 bridgehead atoms. The van der Waals surface area contributed by atoms with E-state index in [9.17, 15) is 10.4 Å². The smallest absolute Gasteiger partial charge is 0.182 e. The van der Waals surface area contributed by atoms with Gasteiger partial charge in [-0.15, -0.1) is 0 Å². The van der Waals surface area contributed by atoms with Crippen LogP contribution < -0.4 is 4.73 Å². The monoisotopic (exact) mass is 196 g/mol. The minimum absolute atomic E-state index is 0.455. The van der Waals surface area contributed by atoms with Crippen LogP contribution in [0.2, 0.25) is 0 Å². The second kappa shape index (κ2) is 3.65. The molecule has 4 nitrogen and oxygen atoms in total. The highest BCUT2D eigenvalue weighted by Gasteiger charge is 2.17. The Hall–Kier alpha value is -1.58. The third-order valence-electron chi connectivity index (χ3n) is 1.76. The van der Waals surface area contributed by atoms with Gasteiger partial charge in [0.05, 0.1) is 5.56 Å². The van der Waals surface area contributed by atoms with Gasteiger partial charge in [-0.1, -0.05) is 0 Å². The molecule has 0 aromatic carbocycles. The lowest BCUT2D eigenvalue weighted by Gasteiger charge is -2.18. The SMILES string of the molecule is CC(C)(C)/[N+]([O-])=[14CH]/c1cc[n+]([O-])cc1. The lowest BCUT2D eigenvalue weighted by atomic mass is 10.1. The summed E-state index contributed by atoms with van der Waals surface area (Å²) in [6.45, 7) is 5.48. The maximum absolute atomic E-state index is 11.5. The average molecular weight is 196 g/mol. The highest BCUT2D eigenvalue weighted by Crippen LogP contribution is 2.05. The highest BCUT2D eigenvalue weighted by atomic mass is 16.5. The third kappa shape index (κ3) is 2.73. The maximum Gasteiger partial charge on any atom is 0.182 e. The van der Waals surface area contributed by atoms with Gasteiger partial charge in [-0.05, 0) is 0 Å². The van der Waals surface area contributed by atoms with Crippen molar-refractivity contribution in [3.05, 3.63) is 40.5 Å². The summed E-state index contributed by atoms with van der Waals surface area (Å²) in [6.07, 6.45) is 4.20. The van der Waals surface area contributed by atoms with Crippen molar-refractivity contribution in [1.29, 1.82) is 0 Å². The Bertz CT molecular complexity index is 336. The normalized spacial score (nSPS) is 12.9. The van der Waals surface area contributed by atoms with Crippen LogP contribution in [0, 0.1) is 10.4 Å². The number of hydrogen-bond acceptors (Lipinski definition) is 2. The van der Waals surface area contributed by atoms with Gasteiger partial charge in [0, 0.05) is 32.9 Å². The Morgan fingerprint density at radius 3 is 2.21 bits per heavy atom. The number of pyridine rings is 1. The van der Waals surface area contributed by atoms with Crippen molar-refractivity contribution in [3.63, 3.8) is 0 Å². The number of aromatic nitrogens is 1. The molecule has 0 saturated heterocycles. The molecular formula is C10H14N2O2. The molecular weight excluding hydrogens is 182 g/mol. The Balaban J connectivity index is 2.93. The van der Waals surface area contributed by atoms with Gasteiger partial charge in [0.1, 0.15) is 0 Å². The van der Waals surface area contributed by atoms with E-state index >= 15 is 0 Å². The van der Waals surface area contributed by atoms with Gasteiger partial charge in [-0.2, -0.15) is 4.73 Å². The van der Waals surface area contributed by atoms with Crippen LogP contribution in [0.5, 0.6) is 0 Å². The molecule has 0 radical (unpaired) electrons. The van der Waals surface area contributed by atoms with Crippen molar-refractivity contribution < 1.29 is 9.47 Å². The molecule has 1 aromatic heterocycles. The summed E-state index contributed by atoms with van der Waals surface area (Å²) >= 11 is 0. The molecule has 1 aromatic rings. The minimum Gasteiger partial charge on any atom is -0.623 e. The zero-order valence-electron chi connectivity index (χ0n) is 8.60. The molecule has 1 heterocycles. The van der Waals surface area contributed by atoms with Crippen LogP contribution in [0.1, 0.15) is 26.3 Å². The molecule has 4 heteroatoms. The molecule has 0 aliphatic heterocycles. The lowest BCUT2D eigenvalue weighted by molar-refractivity contribution is -0.605. The summed E-state index contributed by atoms with van der Waals surface area (Å²) < 4.78 is 1.56. The average Bonchev–Trinajstić information content (AvgIpc) is 2.07. The number of rotatable bonds is 1. The fraction of sp³-hybridized carbons (Fsp3) is 0.400. The number of nitrogens with zero attached hydrogens (tertiary/aromatic N) is 2. The summed E-state index contributed by atoms with van der Waals surface area (Å²) in [4.78, 5) is 0. The maximum atomic E-state index is 11.5. The standard InChI is InChI=1S/C10H14N2O2/c1-10(2,3)12(14)8-9-4-6-11(13)7-5-9/h4-8H,1-3H3/b12-8-/i8+2. The first-order valence-electron chi connectivity index (χ1n) is 4.40. The minimum atomic E-state index is -0.455.